The number of para-hydroxylation sites is 1. The summed E-state index contributed by atoms with van der Waals surface area (Å²) < 4.78 is 41.2. The number of benzene rings is 2. The zero-order valence-corrected chi connectivity index (χ0v) is 14.7. The number of nitrogens with one attached hydrogen (secondary N) is 2. The number of fused-ring (bicyclic) bond motifs is 1. The van der Waals surface area contributed by atoms with Gasteiger partial charge in [0.1, 0.15) is 16.4 Å². The number of piperidine rings is 1. The Kier molecular flexibility index (Phi) is 3.96. The van der Waals surface area contributed by atoms with Crippen molar-refractivity contribution in [3.05, 3.63) is 59.9 Å². The van der Waals surface area contributed by atoms with Crippen LogP contribution >= 0.6 is 0 Å². The van der Waals surface area contributed by atoms with Gasteiger partial charge in [0.25, 0.3) is 5.91 Å². The number of carbonyl (C=O) groups excluding carboxylic acids is 1. The van der Waals surface area contributed by atoms with Crippen LogP contribution in [0.4, 0.5) is 10.1 Å². The van der Waals surface area contributed by atoms with Gasteiger partial charge in [0, 0.05) is 31.5 Å². The number of anilines is 1. The molecule has 1 fully saturated rings. The average molecular weight is 375 g/mol. The maximum Gasteiger partial charge on any atom is 0.253 e. The van der Waals surface area contributed by atoms with Crippen LogP contribution in [0.5, 0.6) is 0 Å². The first-order valence-electron chi connectivity index (χ1n) is 8.35. The van der Waals surface area contributed by atoms with Crippen molar-refractivity contribution in [1.29, 1.82) is 0 Å². The molecule has 0 radical (unpaired) electrons. The van der Waals surface area contributed by atoms with Crippen molar-refractivity contribution < 1.29 is 17.6 Å². The number of likely N-dealkylation sites (tertiary alicyclic amines) is 1. The number of nitrogens with zero attached hydrogens (tertiary/aromatic N) is 1. The predicted octanol–water partition coefficient (Wildman–Crippen LogP) is 2.16. The molecule has 4 rings (SSSR count). The molecule has 0 bridgehead atoms. The Morgan fingerprint density at radius 1 is 1.08 bits per heavy atom. The van der Waals surface area contributed by atoms with Crippen molar-refractivity contribution in [2.45, 2.75) is 23.4 Å². The minimum Gasteiger partial charge on any atom is -0.365 e. The first kappa shape index (κ1) is 17.0. The molecule has 1 spiro atoms. The summed E-state index contributed by atoms with van der Waals surface area (Å²) in [6, 6.07) is 12.3. The van der Waals surface area contributed by atoms with Gasteiger partial charge in [-0.2, -0.15) is 4.72 Å². The number of amides is 1. The molecule has 2 aliphatic heterocycles. The highest BCUT2D eigenvalue weighted by molar-refractivity contribution is 7.89. The van der Waals surface area contributed by atoms with Crippen LogP contribution in [0.25, 0.3) is 0 Å². The highest BCUT2D eigenvalue weighted by Crippen LogP contribution is 2.34. The maximum atomic E-state index is 13.3. The standard InChI is InChI=1S/C18H18FN3O3S/c19-14-5-3-4-13(12-14)17(23)22-10-8-18(9-11-22)20-15-6-1-2-7-16(15)26(24,25)21-18/h1-7,12,20-21H,8-11H2. The van der Waals surface area contributed by atoms with E-state index in [0.29, 0.717) is 37.2 Å². The van der Waals surface area contributed by atoms with E-state index in [0.717, 1.165) is 0 Å². The molecule has 0 saturated carbocycles. The molecule has 1 amide bonds. The predicted molar refractivity (Wildman–Crippen MR) is 94.7 cm³/mol. The monoisotopic (exact) mass is 375 g/mol. The Hall–Kier alpha value is -2.45. The fourth-order valence-electron chi connectivity index (χ4n) is 3.52. The van der Waals surface area contributed by atoms with Crippen LogP contribution in [-0.4, -0.2) is 38.0 Å². The molecule has 136 valence electrons. The number of hydrogen-bond donors (Lipinski definition) is 2. The van der Waals surface area contributed by atoms with Gasteiger partial charge in [0.15, 0.2) is 0 Å². The lowest BCUT2D eigenvalue weighted by molar-refractivity contribution is 0.0675. The highest BCUT2D eigenvalue weighted by atomic mass is 32.2. The van der Waals surface area contributed by atoms with Crippen LogP contribution in [0.3, 0.4) is 0 Å². The lowest BCUT2D eigenvalue weighted by Crippen LogP contribution is -2.62. The summed E-state index contributed by atoms with van der Waals surface area (Å²) in [5.74, 6) is -0.707. The van der Waals surface area contributed by atoms with Gasteiger partial charge >= 0.3 is 0 Å². The molecule has 8 heteroatoms. The summed E-state index contributed by atoms with van der Waals surface area (Å²) in [4.78, 5) is 14.4. The van der Waals surface area contributed by atoms with E-state index in [1.54, 1.807) is 35.2 Å². The third kappa shape index (κ3) is 2.95. The van der Waals surface area contributed by atoms with Gasteiger partial charge in [-0.25, -0.2) is 12.8 Å². The van der Waals surface area contributed by atoms with Crippen LogP contribution in [0, 0.1) is 5.82 Å². The second-order valence-electron chi connectivity index (χ2n) is 6.61. The Labute approximate surface area is 151 Å². The molecule has 0 atom stereocenters. The number of hydrogen-bond acceptors (Lipinski definition) is 4. The highest BCUT2D eigenvalue weighted by Gasteiger charge is 2.43. The Morgan fingerprint density at radius 2 is 1.81 bits per heavy atom. The Morgan fingerprint density at radius 3 is 2.54 bits per heavy atom. The first-order chi connectivity index (χ1) is 12.4. The maximum absolute atomic E-state index is 13.3. The summed E-state index contributed by atoms with van der Waals surface area (Å²) in [5.41, 5.74) is 0.0472. The molecule has 2 heterocycles. The van der Waals surface area contributed by atoms with Gasteiger partial charge in [0.2, 0.25) is 10.0 Å². The second kappa shape index (κ2) is 6.07. The summed E-state index contributed by atoms with van der Waals surface area (Å²) in [6.07, 6.45) is 0.837. The van der Waals surface area contributed by atoms with E-state index >= 15 is 0 Å². The summed E-state index contributed by atoms with van der Waals surface area (Å²) >= 11 is 0. The van der Waals surface area contributed by atoms with Crippen molar-refractivity contribution in [2.24, 2.45) is 0 Å². The number of carbonyl (C=O) groups is 1. The third-order valence-electron chi connectivity index (χ3n) is 4.86. The lowest BCUT2D eigenvalue weighted by atomic mass is 9.96. The third-order valence-corrected chi connectivity index (χ3v) is 6.45. The van der Waals surface area contributed by atoms with E-state index in [1.165, 1.54) is 18.2 Å². The van der Waals surface area contributed by atoms with E-state index in [2.05, 4.69) is 10.0 Å². The number of rotatable bonds is 1. The van der Waals surface area contributed by atoms with Gasteiger partial charge in [-0.3, -0.25) is 4.79 Å². The van der Waals surface area contributed by atoms with Crippen molar-refractivity contribution in [3.8, 4) is 0 Å². The van der Waals surface area contributed by atoms with Gasteiger partial charge in [-0.1, -0.05) is 18.2 Å². The molecule has 0 aliphatic carbocycles. The minimum absolute atomic E-state index is 0.226. The number of halogens is 1. The molecular weight excluding hydrogens is 357 g/mol. The van der Waals surface area contributed by atoms with Crippen LogP contribution in [-0.2, 0) is 10.0 Å². The molecule has 2 aromatic rings. The minimum atomic E-state index is -3.61. The van der Waals surface area contributed by atoms with Crippen LogP contribution in [0.1, 0.15) is 23.2 Å². The Balaban J connectivity index is 1.53. The second-order valence-corrected chi connectivity index (χ2v) is 8.26. The largest absolute Gasteiger partial charge is 0.365 e. The molecule has 2 N–H and O–H groups in total. The molecular formula is C18H18FN3O3S. The molecule has 1 saturated heterocycles. The van der Waals surface area contributed by atoms with Crippen LogP contribution in [0.2, 0.25) is 0 Å². The lowest BCUT2D eigenvalue weighted by Gasteiger charge is -2.45. The normalized spacial score (nSPS) is 20.3. The van der Waals surface area contributed by atoms with Crippen molar-refractivity contribution >= 4 is 21.6 Å². The zero-order valence-electron chi connectivity index (χ0n) is 13.9. The Bertz CT molecular complexity index is 969. The molecule has 26 heavy (non-hydrogen) atoms. The van der Waals surface area contributed by atoms with Crippen LogP contribution in [0.15, 0.2) is 53.4 Å². The average Bonchev–Trinajstić information content (AvgIpc) is 2.61. The van der Waals surface area contributed by atoms with Gasteiger partial charge in [-0.05, 0) is 30.3 Å². The summed E-state index contributed by atoms with van der Waals surface area (Å²) in [5, 5.41) is 3.29. The molecule has 2 aliphatic rings. The quantitative estimate of drug-likeness (QED) is 0.801. The van der Waals surface area contributed by atoms with E-state index in [-0.39, 0.29) is 10.8 Å². The number of sulfonamides is 1. The molecule has 2 aromatic carbocycles. The van der Waals surface area contributed by atoms with Crippen molar-refractivity contribution in [1.82, 2.24) is 9.62 Å². The SMILES string of the molecule is O=C(c1cccc(F)c1)N1CCC2(CC1)Nc1ccccc1S(=O)(=O)N2. The zero-order chi connectivity index (χ0) is 18.4. The molecule has 0 unspecified atom stereocenters. The smallest absolute Gasteiger partial charge is 0.253 e. The summed E-state index contributed by atoms with van der Waals surface area (Å²) in [7, 11) is -3.61. The van der Waals surface area contributed by atoms with E-state index < -0.39 is 21.5 Å². The topological polar surface area (TPSA) is 78.5 Å². The van der Waals surface area contributed by atoms with Gasteiger partial charge < -0.3 is 10.2 Å². The van der Waals surface area contributed by atoms with E-state index in [1.807, 2.05) is 0 Å². The fourth-order valence-corrected chi connectivity index (χ4v) is 5.07. The van der Waals surface area contributed by atoms with Crippen molar-refractivity contribution in [3.63, 3.8) is 0 Å². The molecule has 0 aromatic heterocycles. The first-order valence-corrected chi connectivity index (χ1v) is 9.83. The summed E-state index contributed by atoms with van der Waals surface area (Å²) in [6.45, 7) is 0.736. The fraction of sp³-hybridized carbons (Fsp3) is 0.278. The van der Waals surface area contributed by atoms with E-state index in [4.69, 9.17) is 0 Å². The van der Waals surface area contributed by atoms with Gasteiger partial charge in [0.05, 0.1) is 5.69 Å². The molecule has 6 nitrogen and oxygen atoms in total. The van der Waals surface area contributed by atoms with Crippen LogP contribution < -0.4 is 10.0 Å². The van der Waals surface area contributed by atoms with Crippen molar-refractivity contribution in [2.75, 3.05) is 18.4 Å². The van der Waals surface area contributed by atoms with E-state index in [9.17, 15) is 17.6 Å². The van der Waals surface area contributed by atoms with Gasteiger partial charge in [-0.15, -0.1) is 0 Å².